The lowest BCUT2D eigenvalue weighted by Gasteiger charge is -1.97. The second-order valence-corrected chi connectivity index (χ2v) is 1.95. The highest BCUT2D eigenvalue weighted by Gasteiger charge is 1.89. The van der Waals surface area contributed by atoms with Crippen LogP contribution in [0.5, 0.6) is 0 Å². The first-order valence-electron chi connectivity index (χ1n) is 3.40. The molecule has 1 N–H and O–H groups in total. The number of hydrogen-bond acceptors (Lipinski definition) is 3. The molecule has 0 aliphatic heterocycles. The lowest BCUT2D eigenvalue weighted by molar-refractivity contribution is 0.690. The second-order valence-electron chi connectivity index (χ2n) is 1.95. The van der Waals surface area contributed by atoms with Gasteiger partial charge in [0.15, 0.2) is 0 Å². The summed E-state index contributed by atoms with van der Waals surface area (Å²) < 4.78 is 0. The lowest BCUT2D eigenvalue weighted by Crippen LogP contribution is -2.13. The van der Waals surface area contributed by atoms with Crippen molar-refractivity contribution in [2.75, 3.05) is 6.54 Å². The Labute approximate surface area is 60.5 Å². The molecule has 10 heavy (non-hydrogen) atoms. The molecule has 0 saturated heterocycles. The zero-order valence-electron chi connectivity index (χ0n) is 6.04. The second kappa shape index (κ2) is 3.95. The van der Waals surface area contributed by atoms with Crippen LogP contribution in [0.1, 0.15) is 12.7 Å². The van der Waals surface area contributed by atoms with Crippen molar-refractivity contribution < 1.29 is 0 Å². The van der Waals surface area contributed by atoms with Crippen molar-refractivity contribution in [3.05, 3.63) is 24.3 Å². The van der Waals surface area contributed by atoms with Crippen molar-refractivity contribution in [1.29, 1.82) is 0 Å². The molecule has 0 radical (unpaired) electrons. The monoisotopic (exact) mass is 137 g/mol. The molecule has 0 bridgehead atoms. The first-order valence-corrected chi connectivity index (χ1v) is 3.40. The summed E-state index contributed by atoms with van der Waals surface area (Å²) in [5, 5.41) is 3.14. The van der Waals surface area contributed by atoms with Gasteiger partial charge in [0.2, 0.25) is 0 Å². The maximum Gasteiger partial charge on any atom is 0.141 e. The Morgan fingerprint density at radius 2 is 2.10 bits per heavy atom. The average Bonchev–Trinajstić information content (AvgIpc) is 2.03. The standard InChI is InChI=1S/C7H11N3/c1-2-8-6-7-9-4-3-5-10-7/h3-5,8H,2,6H2,1H3. The molecule has 0 unspecified atom stereocenters. The van der Waals surface area contributed by atoms with Crippen LogP contribution in [-0.4, -0.2) is 16.5 Å². The highest BCUT2D eigenvalue weighted by Crippen LogP contribution is 1.84. The van der Waals surface area contributed by atoms with Crippen molar-refractivity contribution >= 4 is 0 Å². The molecule has 0 aliphatic carbocycles. The van der Waals surface area contributed by atoms with Crippen LogP contribution >= 0.6 is 0 Å². The van der Waals surface area contributed by atoms with Crippen LogP contribution in [0.15, 0.2) is 18.5 Å². The number of nitrogens with zero attached hydrogens (tertiary/aromatic N) is 2. The normalized spacial score (nSPS) is 9.70. The van der Waals surface area contributed by atoms with Crippen molar-refractivity contribution in [2.45, 2.75) is 13.5 Å². The topological polar surface area (TPSA) is 37.8 Å². The largest absolute Gasteiger partial charge is 0.310 e. The van der Waals surface area contributed by atoms with Gasteiger partial charge < -0.3 is 5.32 Å². The van der Waals surface area contributed by atoms with Crippen LogP contribution in [0.2, 0.25) is 0 Å². The molecule has 54 valence electrons. The summed E-state index contributed by atoms with van der Waals surface area (Å²) in [5.41, 5.74) is 0. The number of nitrogens with one attached hydrogen (secondary N) is 1. The van der Waals surface area contributed by atoms with Gasteiger partial charge in [-0.05, 0) is 12.6 Å². The summed E-state index contributed by atoms with van der Waals surface area (Å²) in [6.07, 6.45) is 3.50. The molecule has 0 atom stereocenters. The van der Waals surface area contributed by atoms with E-state index in [0.29, 0.717) is 0 Å². The zero-order valence-corrected chi connectivity index (χ0v) is 6.04. The van der Waals surface area contributed by atoms with Gasteiger partial charge in [0, 0.05) is 12.4 Å². The third kappa shape index (κ3) is 2.11. The van der Waals surface area contributed by atoms with Gasteiger partial charge >= 0.3 is 0 Å². The van der Waals surface area contributed by atoms with E-state index in [4.69, 9.17) is 0 Å². The highest BCUT2D eigenvalue weighted by atomic mass is 14.9. The van der Waals surface area contributed by atoms with Gasteiger partial charge in [0.1, 0.15) is 5.82 Å². The Bertz CT molecular complexity index is 173. The molecular formula is C7H11N3. The van der Waals surface area contributed by atoms with Crippen molar-refractivity contribution in [1.82, 2.24) is 15.3 Å². The summed E-state index contributed by atoms with van der Waals surface area (Å²) in [6.45, 7) is 3.78. The predicted molar refractivity (Wildman–Crippen MR) is 39.4 cm³/mol. The molecule has 0 aromatic carbocycles. The molecule has 1 rings (SSSR count). The SMILES string of the molecule is CCNCc1ncccn1. The van der Waals surface area contributed by atoms with E-state index >= 15 is 0 Å². The van der Waals surface area contributed by atoms with Gasteiger partial charge in [-0.1, -0.05) is 6.92 Å². The van der Waals surface area contributed by atoms with Crippen molar-refractivity contribution in [3.8, 4) is 0 Å². The first kappa shape index (κ1) is 7.15. The quantitative estimate of drug-likeness (QED) is 0.662. The molecule has 1 heterocycles. The fourth-order valence-corrected chi connectivity index (χ4v) is 0.658. The van der Waals surface area contributed by atoms with Crippen LogP contribution in [0, 0.1) is 0 Å². The molecule has 0 saturated carbocycles. The summed E-state index contributed by atoms with van der Waals surface area (Å²) in [7, 11) is 0. The van der Waals surface area contributed by atoms with Gasteiger partial charge in [-0.2, -0.15) is 0 Å². The number of aromatic nitrogens is 2. The highest BCUT2D eigenvalue weighted by molar-refractivity contribution is 4.87. The van der Waals surface area contributed by atoms with E-state index in [2.05, 4.69) is 22.2 Å². The van der Waals surface area contributed by atoms with E-state index in [-0.39, 0.29) is 0 Å². The molecule has 3 heteroatoms. The fourth-order valence-electron chi connectivity index (χ4n) is 0.658. The van der Waals surface area contributed by atoms with Gasteiger partial charge in [0.25, 0.3) is 0 Å². The Hall–Kier alpha value is -0.960. The molecule has 1 aromatic rings. The summed E-state index contributed by atoms with van der Waals surface area (Å²) in [6, 6.07) is 1.81. The van der Waals surface area contributed by atoms with E-state index in [0.717, 1.165) is 18.9 Å². The van der Waals surface area contributed by atoms with E-state index in [1.165, 1.54) is 0 Å². The number of hydrogen-bond donors (Lipinski definition) is 1. The van der Waals surface area contributed by atoms with Gasteiger partial charge in [-0.25, -0.2) is 9.97 Å². The zero-order chi connectivity index (χ0) is 7.23. The van der Waals surface area contributed by atoms with Crippen molar-refractivity contribution in [3.63, 3.8) is 0 Å². The van der Waals surface area contributed by atoms with E-state index < -0.39 is 0 Å². The molecule has 0 spiro atoms. The molecule has 0 amide bonds. The van der Waals surface area contributed by atoms with Crippen LogP contribution < -0.4 is 5.32 Å². The van der Waals surface area contributed by atoms with E-state index in [1.807, 2.05) is 6.07 Å². The smallest absolute Gasteiger partial charge is 0.141 e. The summed E-state index contributed by atoms with van der Waals surface area (Å²) in [4.78, 5) is 8.09. The molecular weight excluding hydrogens is 126 g/mol. The van der Waals surface area contributed by atoms with Gasteiger partial charge in [0.05, 0.1) is 6.54 Å². The lowest BCUT2D eigenvalue weighted by atomic mass is 10.5. The van der Waals surface area contributed by atoms with E-state index in [9.17, 15) is 0 Å². The van der Waals surface area contributed by atoms with Gasteiger partial charge in [-0.15, -0.1) is 0 Å². The van der Waals surface area contributed by atoms with Crippen LogP contribution in [0.4, 0.5) is 0 Å². The van der Waals surface area contributed by atoms with Crippen LogP contribution in [-0.2, 0) is 6.54 Å². The summed E-state index contributed by atoms with van der Waals surface area (Å²) in [5.74, 6) is 0.851. The molecule has 0 fully saturated rings. The van der Waals surface area contributed by atoms with E-state index in [1.54, 1.807) is 12.4 Å². The average molecular weight is 137 g/mol. The minimum atomic E-state index is 0.761. The third-order valence-electron chi connectivity index (χ3n) is 1.15. The van der Waals surface area contributed by atoms with Crippen molar-refractivity contribution in [2.24, 2.45) is 0 Å². The molecule has 1 aromatic heterocycles. The maximum atomic E-state index is 4.04. The van der Waals surface area contributed by atoms with Crippen LogP contribution in [0.25, 0.3) is 0 Å². The minimum Gasteiger partial charge on any atom is -0.310 e. The first-order chi connectivity index (χ1) is 4.93. The third-order valence-corrected chi connectivity index (χ3v) is 1.15. The summed E-state index contributed by atoms with van der Waals surface area (Å²) >= 11 is 0. The molecule has 3 nitrogen and oxygen atoms in total. The Morgan fingerprint density at radius 3 is 2.70 bits per heavy atom. The molecule has 0 aliphatic rings. The number of rotatable bonds is 3. The predicted octanol–water partition coefficient (Wildman–Crippen LogP) is 0.586. The van der Waals surface area contributed by atoms with Gasteiger partial charge in [-0.3, -0.25) is 0 Å². The fraction of sp³-hybridized carbons (Fsp3) is 0.429. The Morgan fingerprint density at radius 1 is 1.40 bits per heavy atom. The minimum absolute atomic E-state index is 0.761. The Balaban J connectivity index is 2.43. The van der Waals surface area contributed by atoms with Crippen LogP contribution in [0.3, 0.4) is 0 Å². The Kier molecular flexibility index (Phi) is 2.83. The maximum absolute atomic E-state index is 4.04.